The van der Waals surface area contributed by atoms with Gasteiger partial charge >= 0.3 is 5.97 Å². The van der Waals surface area contributed by atoms with E-state index in [1.807, 2.05) is 0 Å². The first kappa shape index (κ1) is 20.3. The van der Waals surface area contributed by atoms with Crippen molar-refractivity contribution in [3.8, 4) is 0 Å². The molecule has 5 aliphatic rings. The molecule has 1 heterocycles. The molecular formula is C24H38O4. The van der Waals surface area contributed by atoms with E-state index in [1.165, 1.54) is 57.8 Å². The van der Waals surface area contributed by atoms with Crippen LogP contribution < -0.4 is 0 Å². The average Bonchev–Trinajstić information content (AvgIpc) is 2.60. The Hall–Kier alpha value is -1.03. The van der Waals surface area contributed by atoms with E-state index in [9.17, 15) is 9.90 Å². The number of carboxylic acids is 1. The molecule has 5 fully saturated rings. The summed E-state index contributed by atoms with van der Waals surface area (Å²) in [5, 5.41) is 9.69. The van der Waals surface area contributed by atoms with Gasteiger partial charge in [0.25, 0.3) is 0 Å². The number of carbonyl (C=O) groups is 1. The molecule has 0 aromatic carbocycles. The number of hydrogen-bond acceptors (Lipinski definition) is 3. The van der Waals surface area contributed by atoms with Gasteiger partial charge in [0.2, 0.25) is 0 Å². The van der Waals surface area contributed by atoms with Gasteiger partial charge in [-0.25, -0.2) is 4.79 Å². The zero-order chi connectivity index (χ0) is 19.6. The van der Waals surface area contributed by atoms with Crippen molar-refractivity contribution < 1.29 is 19.4 Å². The maximum atomic E-state index is 11.8. The second-order valence-electron chi connectivity index (χ2n) is 10.9. The minimum absolute atomic E-state index is 0.254. The van der Waals surface area contributed by atoms with Crippen LogP contribution >= 0.6 is 0 Å². The van der Waals surface area contributed by atoms with E-state index in [-0.39, 0.29) is 5.41 Å². The number of aliphatic carboxylic acids is 1. The molecule has 158 valence electrons. The SMILES string of the molecule is CC1(CCCCCCOC=C(CC23CC4CC(CC(C4)C2)C3)C(=O)O)COC1. The minimum atomic E-state index is -0.785. The molecule has 1 aliphatic heterocycles. The van der Waals surface area contributed by atoms with Crippen LogP contribution in [-0.4, -0.2) is 30.9 Å². The lowest BCUT2D eigenvalue weighted by Crippen LogP contribution is -2.46. The van der Waals surface area contributed by atoms with Gasteiger partial charge in [0.05, 0.1) is 31.7 Å². The van der Waals surface area contributed by atoms with Gasteiger partial charge in [0, 0.05) is 5.41 Å². The van der Waals surface area contributed by atoms with E-state index >= 15 is 0 Å². The molecule has 0 radical (unpaired) electrons. The van der Waals surface area contributed by atoms with Crippen molar-refractivity contribution in [1.29, 1.82) is 0 Å². The average molecular weight is 391 g/mol. The van der Waals surface area contributed by atoms with Crippen LogP contribution in [0.5, 0.6) is 0 Å². The normalized spacial score (nSPS) is 35.6. The number of hydrogen-bond donors (Lipinski definition) is 1. The molecule has 28 heavy (non-hydrogen) atoms. The first-order valence-corrected chi connectivity index (χ1v) is 11.6. The molecule has 4 heteroatoms. The van der Waals surface area contributed by atoms with Crippen LogP contribution in [0.3, 0.4) is 0 Å². The molecule has 1 saturated heterocycles. The van der Waals surface area contributed by atoms with E-state index < -0.39 is 5.97 Å². The van der Waals surface area contributed by atoms with Gasteiger partial charge in [0.1, 0.15) is 0 Å². The highest BCUT2D eigenvalue weighted by molar-refractivity contribution is 5.86. The van der Waals surface area contributed by atoms with Crippen molar-refractivity contribution in [3.63, 3.8) is 0 Å². The van der Waals surface area contributed by atoms with Crippen molar-refractivity contribution in [2.24, 2.45) is 28.6 Å². The van der Waals surface area contributed by atoms with E-state index in [0.29, 0.717) is 24.0 Å². The highest BCUT2D eigenvalue weighted by Crippen LogP contribution is 2.62. The lowest BCUT2D eigenvalue weighted by molar-refractivity contribution is -0.134. The van der Waals surface area contributed by atoms with Gasteiger partial charge in [-0.2, -0.15) is 0 Å². The second-order valence-corrected chi connectivity index (χ2v) is 10.9. The van der Waals surface area contributed by atoms with Crippen molar-refractivity contribution in [3.05, 3.63) is 11.8 Å². The van der Waals surface area contributed by atoms with Gasteiger partial charge in [-0.1, -0.05) is 26.2 Å². The fourth-order valence-electron chi connectivity index (χ4n) is 6.92. The van der Waals surface area contributed by atoms with E-state index in [4.69, 9.17) is 9.47 Å². The summed E-state index contributed by atoms with van der Waals surface area (Å²) in [6.45, 7) is 4.78. The van der Waals surface area contributed by atoms with Gasteiger partial charge in [0.15, 0.2) is 0 Å². The van der Waals surface area contributed by atoms with Crippen molar-refractivity contribution in [2.45, 2.75) is 84.0 Å². The summed E-state index contributed by atoms with van der Waals surface area (Å²) in [7, 11) is 0. The predicted molar refractivity (Wildman–Crippen MR) is 109 cm³/mol. The van der Waals surface area contributed by atoms with Crippen LogP contribution in [0.4, 0.5) is 0 Å². The summed E-state index contributed by atoms with van der Waals surface area (Å²) in [5.41, 5.74) is 1.18. The van der Waals surface area contributed by atoms with E-state index in [0.717, 1.165) is 43.8 Å². The maximum absolute atomic E-state index is 11.8. The lowest BCUT2D eigenvalue weighted by Gasteiger charge is -2.57. The summed E-state index contributed by atoms with van der Waals surface area (Å²) < 4.78 is 11.0. The summed E-state index contributed by atoms with van der Waals surface area (Å²) >= 11 is 0. The summed E-state index contributed by atoms with van der Waals surface area (Å²) in [6, 6.07) is 0. The topological polar surface area (TPSA) is 55.8 Å². The Morgan fingerprint density at radius 3 is 2.18 bits per heavy atom. The third kappa shape index (κ3) is 4.75. The highest BCUT2D eigenvalue weighted by atomic mass is 16.5. The Bertz CT molecular complexity index is 554. The van der Waals surface area contributed by atoms with Crippen LogP contribution in [0.25, 0.3) is 0 Å². The Morgan fingerprint density at radius 2 is 1.64 bits per heavy atom. The van der Waals surface area contributed by atoms with Crippen molar-refractivity contribution >= 4 is 5.97 Å². The van der Waals surface area contributed by atoms with Gasteiger partial charge in [-0.05, 0) is 81.0 Å². The number of carboxylic acid groups (broad SMARTS) is 1. The zero-order valence-electron chi connectivity index (χ0n) is 17.6. The molecular weight excluding hydrogens is 352 g/mol. The van der Waals surface area contributed by atoms with E-state index in [2.05, 4.69) is 6.92 Å². The molecule has 4 aliphatic carbocycles. The van der Waals surface area contributed by atoms with Crippen LogP contribution in [0.2, 0.25) is 0 Å². The van der Waals surface area contributed by atoms with Crippen molar-refractivity contribution in [1.82, 2.24) is 0 Å². The molecule has 0 aromatic heterocycles. The first-order chi connectivity index (χ1) is 13.5. The largest absolute Gasteiger partial charge is 0.501 e. The number of rotatable bonds is 11. The molecule has 0 aromatic rings. The van der Waals surface area contributed by atoms with Crippen LogP contribution in [0.15, 0.2) is 11.8 Å². The third-order valence-electron chi connectivity index (χ3n) is 7.92. The van der Waals surface area contributed by atoms with Crippen LogP contribution in [0, 0.1) is 28.6 Å². The molecule has 4 nitrogen and oxygen atoms in total. The molecule has 5 rings (SSSR count). The Balaban J connectivity index is 1.17. The Kier molecular flexibility index (Phi) is 6.06. The number of unbranched alkanes of at least 4 members (excludes halogenated alkanes) is 3. The Morgan fingerprint density at radius 1 is 1.04 bits per heavy atom. The molecule has 0 spiro atoms. The Labute approximate surface area is 170 Å². The zero-order valence-corrected chi connectivity index (χ0v) is 17.6. The van der Waals surface area contributed by atoms with Crippen LogP contribution in [-0.2, 0) is 14.3 Å². The lowest BCUT2D eigenvalue weighted by atomic mass is 9.48. The second kappa shape index (κ2) is 8.38. The minimum Gasteiger partial charge on any atom is -0.501 e. The summed E-state index contributed by atoms with van der Waals surface area (Å²) in [6.07, 6.45) is 16.1. The molecule has 4 saturated carbocycles. The summed E-state index contributed by atoms with van der Waals surface area (Å²) in [4.78, 5) is 11.8. The molecule has 0 atom stereocenters. The quantitative estimate of drug-likeness (QED) is 0.285. The fourth-order valence-corrected chi connectivity index (χ4v) is 6.92. The predicted octanol–water partition coefficient (Wildman–Crippen LogP) is 5.57. The van der Waals surface area contributed by atoms with Gasteiger partial charge in [-0.15, -0.1) is 0 Å². The van der Waals surface area contributed by atoms with Crippen molar-refractivity contribution in [2.75, 3.05) is 19.8 Å². The molecule has 1 N–H and O–H groups in total. The van der Waals surface area contributed by atoms with Gasteiger partial charge < -0.3 is 14.6 Å². The highest BCUT2D eigenvalue weighted by Gasteiger charge is 2.51. The molecule has 0 unspecified atom stereocenters. The molecule has 0 amide bonds. The third-order valence-corrected chi connectivity index (χ3v) is 7.92. The molecule has 4 bridgehead atoms. The maximum Gasteiger partial charge on any atom is 0.334 e. The standard InChI is InChI=1S/C24H38O4/c1-23(16-28-17-23)6-4-2-3-5-7-27-15-21(22(25)26)14-24-11-18-8-19(12-24)10-20(9-18)13-24/h15,18-20H,2-14,16-17H2,1H3,(H,25,26). The smallest absolute Gasteiger partial charge is 0.334 e. The fraction of sp³-hybridized carbons (Fsp3) is 0.875. The number of ether oxygens (including phenoxy) is 2. The van der Waals surface area contributed by atoms with Crippen LogP contribution in [0.1, 0.15) is 84.0 Å². The monoisotopic (exact) mass is 390 g/mol. The summed E-state index contributed by atoms with van der Waals surface area (Å²) in [5.74, 6) is 1.79. The van der Waals surface area contributed by atoms with E-state index in [1.54, 1.807) is 6.26 Å². The van der Waals surface area contributed by atoms with Gasteiger partial charge in [-0.3, -0.25) is 0 Å². The first-order valence-electron chi connectivity index (χ1n) is 11.6.